The molecule has 0 radical (unpaired) electrons. The summed E-state index contributed by atoms with van der Waals surface area (Å²) in [5.74, 6) is -0.0237. The molecule has 1 aliphatic rings. The van der Waals surface area contributed by atoms with Crippen molar-refractivity contribution < 1.29 is 27.5 Å². The molecule has 1 fully saturated rings. The lowest BCUT2D eigenvalue weighted by molar-refractivity contribution is -0.144. The predicted molar refractivity (Wildman–Crippen MR) is 85.1 cm³/mol. The Hall–Kier alpha value is -2.25. The van der Waals surface area contributed by atoms with E-state index in [2.05, 4.69) is 5.32 Å². The molecule has 1 saturated heterocycles. The molecule has 0 aromatic heterocycles. The molecular formula is C17H21F3N2O3. The normalized spacial score (nSPS) is 17.7. The standard InChI is InChI=1S/C17H21F3N2O3/c1-25-14-4-2-12(3-5-14)7-9-22-11-13(10-16(22)24)21-15(23)6-8-17(18,19)20/h2-5,13H,6-11H2,1H3,(H,21,23)/t13-/m1/s1. The quantitative estimate of drug-likeness (QED) is 0.814. The Labute approximate surface area is 144 Å². The Morgan fingerprint density at radius 1 is 1.32 bits per heavy atom. The smallest absolute Gasteiger partial charge is 0.389 e. The number of methoxy groups -OCH3 is 1. The molecule has 1 heterocycles. The summed E-state index contributed by atoms with van der Waals surface area (Å²) in [7, 11) is 1.58. The maximum atomic E-state index is 12.1. The number of rotatable bonds is 7. The van der Waals surface area contributed by atoms with Gasteiger partial charge in [0.05, 0.1) is 19.6 Å². The average molecular weight is 358 g/mol. The lowest BCUT2D eigenvalue weighted by atomic mass is 10.1. The fourth-order valence-corrected chi connectivity index (χ4v) is 2.70. The van der Waals surface area contributed by atoms with Crippen molar-refractivity contribution in [2.45, 2.75) is 37.9 Å². The number of amides is 2. The molecule has 2 amide bonds. The SMILES string of the molecule is COc1ccc(CCN2C[C@H](NC(=O)CCC(F)(F)F)CC2=O)cc1. The zero-order chi connectivity index (χ0) is 18.4. The summed E-state index contributed by atoms with van der Waals surface area (Å²) >= 11 is 0. The third kappa shape index (κ3) is 6.28. The first kappa shape index (κ1) is 19.1. The third-order valence-electron chi connectivity index (χ3n) is 4.04. The van der Waals surface area contributed by atoms with Crippen LogP contribution in [0.15, 0.2) is 24.3 Å². The largest absolute Gasteiger partial charge is 0.497 e. The van der Waals surface area contributed by atoms with Crippen LogP contribution in [0, 0.1) is 0 Å². The molecule has 1 atom stereocenters. The second-order valence-corrected chi connectivity index (χ2v) is 6.02. The monoisotopic (exact) mass is 358 g/mol. The van der Waals surface area contributed by atoms with Gasteiger partial charge in [0.1, 0.15) is 5.75 Å². The van der Waals surface area contributed by atoms with Crippen molar-refractivity contribution in [3.63, 3.8) is 0 Å². The summed E-state index contributed by atoms with van der Waals surface area (Å²) in [5, 5.41) is 2.51. The van der Waals surface area contributed by atoms with E-state index in [1.54, 1.807) is 12.0 Å². The van der Waals surface area contributed by atoms with Crippen molar-refractivity contribution in [3.05, 3.63) is 29.8 Å². The second-order valence-electron chi connectivity index (χ2n) is 6.02. The summed E-state index contributed by atoms with van der Waals surface area (Å²) in [4.78, 5) is 25.1. The highest BCUT2D eigenvalue weighted by molar-refractivity contribution is 5.82. The van der Waals surface area contributed by atoms with E-state index in [9.17, 15) is 22.8 Å². The van der Waals surface area contributed by atoms with E-state index in [4.69, 9.17) is 4.74 Å². The summed E-state index contributed by atoms with van der Waals surface area (Å²) in [6.07, 6.45) is -5.33. The summed E-state index contributed by atoms with van der Waals surface area (Å²) < 4.78 is 41.4. The van der Waals surface area contributed by atoms with Crippen LogP contribution in [-0.4, -0.2) is 49.1 Å². The lowest BCUT2D eigenvalue weighted by Crippen LogP contribution is -2.37. The number of halogens is 3. The van der Waals surface area contributed by atoms with Crippen molar-refractivity contribution in [1.82, 2.24) is 10.2 Å². The average Bonchev–Trinajstić information content (AvgIpc) is 2.90. The Balaban J connectivity index is 1.76. The number of nitrogens with zero attached hydrogens (tertiary/aromatic N) is 1. The highest BCUT2D eigenvalue weighted by Gasteiger charge is 2.32. The van der Waals surface area contributed by atoms with Crippen molar-refractivity contribution in [2.24, 2.45) is 0 Å². The van der Waals surface area contributed by atoms with E-state index in [1.165, 1.54) is 0 Å². The van der Waals surface area contributed by atoms with Crippen molar-refractivity contribution >= 4 is 11.8 Å². The van der Waals surface area contributed by atoms with E-state index >= 15 is 0 Å². The molecule has 0 spiro atoms. The Morgan fingerprint density at radius 2 is 2.00 bits per heavy atom. The Bertz CT molecular complexity index is 602. The molecule has 5 nitrogen and oxygen atoms in total. The summed E-state index contributed by atoms with van der Waals surface area (Å²) in [6, 6.07) is 7.07. The number of nitrogens with one attached hydrogen (secondary N) is 1. The number of carbonyl (C=O) groups excluding carboxylic acids is 2. The molecule has 0 aliphatic carbocycles. The minimum atomic E-state index is -4.35. The van der Waals surface area contributed by atoms with E-state index < -0.39 is 31.0 Å². The highest BCUT2D eigenvalue weighted by atomic mass is 19.4. The zero-order valence-corrected chi connectivity index (χ0v) is 13.9. The van der Waals surface area contributed by atoms with Crippen LogP contribution in [0.2, 0.25) is 0 Å². The maximum absolute atomic E-state index is 12.1. The molecule has 0 saturated carbocycles. The number of ether oxygens (including phenoxy) is 1. The highest BCUT2D eigenvalue weighted by Crippen LogP contribution is 2.21. The van der Waals surface area contributed by atoms with Gasteiger partial charge in [0, 0.05) is 25.9 Å². The van der Waals surface area contributed by atoms with Gasteiger partial charge in [-0.05, 0) is 24.1 Å². The van der Waals surface area contributed by atoms with Crippen LogP contribution in [0.1, 0.15) is 24.8 Å². The van der Waals surface area contributed by atoms with Crippen LogP contribution in [0.4, 0.5) is 13.2 Å². The molecule has 25 heavy (non-hydrogen) atoms. The maximum Gasteiger partial charge on any atom is 0.389 e. The van der Waals surface area contributed by atoms with Gasteiger partial charge in [-0.1, -0.05) is 12.1 Å². The first-order chi connectivity index (χ1) is 11.8. The van der Waals surface area contributed by atoms with Crippen molar-refractivity contribution in [3.8, 4) is 5.75 Å². The zero-order valence-electron chi connectivity index (χ0n) is 13.9. The van der Waals surface area contributed by atoms with Crippen LogP contribution < -0.4 is 10.1 Å². The molecule has 0 unspecified atom stereocenters. The fraction of sp³-hybridized carbons (Fsp3) is 0.529. The number of carbonyl (C=O) groups is 2. The topological polar surface area (TPSA) is 58.6 Å². The van der Waals surface area contributed by atoms with Gasteiger partial charge >= 0.3 is 6.18 Å². The minimum absolute atomic E-state index is 0.102. The summed E-state index contributed by atoms with van der Waals surface area (Å²) in [6.45, 7) is 0.826. The second kappa shape index (κ2) is 8.22. The summed E-state index contributed by atoms with van der Waals surface area (Å²) in [5.41, 5.74) is 1.05. The van der Waals surface area contributed by atoms with E-state index in [-0.39, 0.29) is 12.3 Å². The molecule has 1 aliphatic heterocycles. The number of alkyl halides is 3. The number of benzene rings is 1. The first-order valence-electron chi connectivity index (χ1n) is 8.03. The van der Waals surface area contributed by atoms with Gasteiger partial charge in [-0.3, -0.25) is 9.59 Å². The molecular weight excluding hydrogens is 337 g/mol. The number of likely N-dealkylation sites (tertiary alicyclic amines) is 1. The minimum Gasteiger partial charge on any atom is -0.497 e. The van der Waals surface area contributed by atoms with Crippen molar-refractivity contribution in [1.29, 1.82) is 0 Å². The van der Waals surface area contributed by atoms with Gasteiger partial charge in [0.25, 0.3) is 0 Å². The van der Waals surface area contributed by atoms with Gasteiger partial charge in [-0.25, -0.2) is 0 Å². The molecule has 138 valence electrons. The molecule has 8 heteroatoms. The van der Waals surface area contributed by atoms with E-state index in [0.717, 1.165) is 11.3 Å². The molecule has 1 N–H and O–H groups in total. The Morgan fingerprint density at radius 3 is 2.60 bits per heavy atom. The van der Waals surface area contributed by atoms with E-state index in [0.29, 0.717) is 19.5 Å². The lowest BCUT2D eigenvalue weighted by Gasteiger charge is -2.17. The van der Waals surface area contributed by atoms with Crippen LogP contribution in [-0.2, 0) is 16.0 Å². The van der Waals surface area contributed by atoms with Crippen LogP contribution in [0.25, 0.3) is 0 Å². The van der Waals surface area contributed by atoms with Crippen LogP contribution in [0.3, 0.4) is 0 Å². The van der Waals surface area contributed by atoms with Gasteiger partial charge in [-0.2, -0.15) is 13.2 Å². The molecule has 1 aromatic carbocycles. The van der Waals surface area contributed by atoms with Gasteiger partial charge < -0.3 is 15.0 Å². The van der Waals surface area contributed by atoms with Crippen LogP contribution >= 0.6 is 0 Å². The predicted octanol–water partition coefficient (Wildman–Crippen LogP) is 2.30. The molecule has 0 bridgehead atoms. The van der Waals surface area contributed by atoms with Crippen LogP contribution in [0.5, 0.6) is 5.75 Å². The van der Waals surface area contributed by atoms with Gasteiger partial charge in [0.2, 0.25) is 11.8 Å². The Kier molecular flexibility index (Phi) is 6.27. The van der Waals surface area contributed by atoms with E-state index in [1.807, 2.05) is 24.3 Å². The fourth-order valence-electron chi connectivity index (χ4n) is 2.70. The van der Waals surface area contributed by atoms with Gasteiger partial charge in [-0.15, -0.1) is 0 Å². The number of hydrogen-bond acceptors (Lipinski definition) is 3. The van der Waals surface area contributed by atoms with Crippen molar-refractivity contribution in [2.75, 3.05) is 20.2 Å². The first-order valence-corrected chi connectivity index (χ1v) is 8.03. The molecule has 2 rings (SSSR count). The third-order valence-corrected chi connectivity index (χ3v) is 4.04. The molecule has 1 aromatic rings. The number of hydrogen-bond donors (Lipinski definition) is 1. The van der Waals surface area contributed by atoms with Gasteiger partial charge in [0.15, 0.2) is 0 Å².